The van der Waals surface area contributed by atoms with E-state index in [4.69, 9.17) is 9.72 Å². The zero-order chi connectivity index (χ0) is 17.2. The standard InChI is InChI=1S/C19H29N5O/c1-15(2)17-12-19(24-18(21-17)6-7-20-24)23-10-5-11-25-16(14-23)13-22-8-3-4-9-22/h6-7,12,15-16H,3-5,8-11,13-14H2,1-2H3/t16-/m1/s1. The molecule has 4 rings (SSSR count). The van der Waals surface area contributed by atoms with E-state index in [0.717, 1.165) is 49.8 Å². The number of rotatable bonds is 4. The first-order valence-corrected chi connectivity index (χ1v) is 9.64. The molecule has 0 radical (unpaired) electrons. The van der Waals surface area contributed by atoms with Gasteiger partial charge in [-0.15, -0.1) is 0 Å². The van der Waals surface area contributed by atoms with Crippen molar-refractivity contribution in [1.29, 1.82) is 0 Å². The quantitative estimate of drug-likeness (QED) is 0.854. The highest BCUT2D eigenvalue weighted by molar-refractivity contribution is 5.51. The normalized spacial score (nSPS) is 22.8. The van der Waals surface area contributed by atoms with Crippen LogP contribution in [0.1, 0.15) is 44.7 Å². The lowest BCUT2D eigenvalue weighted by Crippen LogP contribution is -2.40. The summed E-state index contributed by atoms with van der Waals surface area (Å²) < 4.78 is 8.14. The number of anilines is 1. The molecule has 0 saturated carbocycles. The molecule has 6 nitrogen and oxygen atoms in total. The molecule has 4 heterocycles. The van der Waals surface area contributed by atoms with Gasteiger partial charge in [0.15, 0.2) is 5.65 Å². The van der Waals surface area contributed by atoms with Crippen molar-refractivity contribution < 1.29 is 4.74 Å². The molecular formula is C19H29N5O. The molecule has 0 N–H and O–H groups in total. The SMILES string of the molecule is CC(C)c1cc(N2CCCO[C@H](CN3CCCC3)C2)n2nccc2n1. The van der Waals surface area contributed by atoms with Crippen molar-refractivity contribution in [3.05, 3.63) is 24.0 Å². The predicted octanol–water partition coefficient (Wildman–Crippen LogP) is 2.54. The predicted molar refractivity (Wildman–Crippen MR) is 99.3 cm³/mol. The van der Waals surface area contributed by atoms with Gasteiger partial charge in [-0.05, 0) is 38.3 Å². The first kappa shape index (κ1) is 16.8. The molecule has 0 aromatic carbocycles. The van der Waals surface area contributed by atoms with Crippen LogP contribution in [0.2, 0.25) is 0 Å². The third-order valence-electron chi connectivity index (χ3n) is 5.29. The molecule has 2 aliphatic heterocycles. The van der Waals surface area contributed by atoms with Crippen molar-refractivity contribution in [3.63, 3.8) is 0 Å². The van der Waals surface area contributed by atoms with E-state index in [-0.39, 0.29) is 6.10 Å². The molecule has 0 aliphatic carbocycles. The zero-order valence-corrected chi connectivity index (χ0v) is 15.4. The van der Waals surface area contributed by atoms with E-state index in [9.17, 15) is 0 Å². The molecule has 2 saturated heterocycles. The Balaban J connectivity index is 1.60. The molecule has 0 amide bonds. The molecule has 136 valence electrons. The number of ether oxygens (including phenoxy) is 1. The van der Waals surface area contributed by atoms with E-state index in [0.29, 0.717) is 5.92 Å². The summed E-state index contributed by atoms with van der Waals surface area (Å²) >= 11 is 0. The van der Waals surface area contributed by atoms with Gasteiger partial charge >= 0.3 is 0 Å². The Kier molecular flexibility index (Phi) is 4.90. The maximum Gasteiger partial charge on any atom is 0.157 e. The van der Waals surface area contributed by atoms with Crippen LogP contribution in [0.25, 0.3) is 5.65 Å². The summed E-state index contributed by atoms with van der Waals surface area (Å²) in [6.45, 7) is 10.6. The van der Waals surface area contributed by atoms with Gasteiger partial charge in [0.25, 0.3) is 0 Å². The first-order chi connectivity index (χ1) is 12.2. The second-order valence-corrected chi connectivity index (χ2v) is 7.60. The second kappa shape index (κ2) is 7.30. The third kappa shape index (κ3) is 3.65. The molecular weight excluding hydrogens is 314 g/mol. The smallest absolute Gasteiger partial charge is 0.157 e. The highest BCUT2D eigenvalue weighted by atomic mass is 16.5. The summed E-state index contributed by atoms with van der Waals surface area (Å²) in [5.41, 5.74) is 2.06. The van der Waals surface area contributed by atoms with Gasteiger partial charge in [0.2, 0.25) is 0 Å². The van der Waals surface area contributed by atoms with E-state index >= 15 is 0 Å². The zero-order valence-electron chi connectivity index (χ0n) is 15.4. The summed E-state index contributed by atoms with van der Waals surface area (Å²) in [7, 11) is 0. The first-order valence-electron chi connectivity index (χ1n) is 9.64. The van der Waals surface area contributed by atoms with Crippen LogP contribution in [-0.2, 0) is 4.74 Å². The van der Waals surface area contributed by atoms with Crippen LogP contribution in [0.15, 0.2) is 18.3 Å². The van der Waals surface area contributed by atoms with Gasteiger partial charge in [0.05, 0.1) is 12.3 Å². The lowest BCUT2D eigenvalue weighted by Gasteiger charge is -2.28. The Labute approximate surface area is 149 Å². The Bertz CT molecular complexity index is 707. The van der Waals surface area contributed by atoms with Gasteiger partial charge in [0, 0.05) is 44.1 Å². The highest BCUT2D eigenvalue weighted by Crippen LogP contribution is 2.24. The maximum absolute atomic E-state index is 6.16. The Morgan fingerprint density at radius 2 is 2.04 bits per heavy atom. The summed E-state index contributed by atoms with van der Waals surface area (Å²) in [5.74, 6) is 1.55. The molecule has 6 heteroatoms. The fourth-order valence-electron chi connectivity index (χ4n) is 3.90. The lowest BCUT2D eigenvalue weighted by molar-refractivity contribution is 0.0450. The maximum atomic E-state index is 6.16. The van der Waals surface area contributed by atoms with Crippen LogP contribution in [0.3, 0.4) is 0 Å². The number of aromatic nitrogens is 3. The molecule has 0 bridgehead atoms. The number of likely N-dealkylation sites (tertiary alicyclic amines) is 1. The van der Waals surface area contributed by atoms with Crippen LogP contribution in [0.5, 0.6) is 0 Å². The topological polar surface area (TPSA) is 45.9 Å². The number of fused-ring (bicyclic) bond motifs is 1. The van der Waals surface area contributed by atoms with E-state index in [2.05, 4.69) is 34.8 Å². The van der Waals surface area contributed by atoms with Crippen molar-refractivity contribution in [3.8, 4) is 0 Å². The summed E-state index contributed by atoms with van der Waals surface area (Å²) in [5, 5.41) is 4.51. The Morgan fingerprint density at radius 1 is 1.20 bits per heavy atom. The fourth-order valence-corrected chi connectivity index (χ4v) is 3.90. The van der Waals surface area contributed by atoms with Gasteiger partial charge in [-0.2, -0.15) is 9.61 Å². The van der Waals surface area contributed by atoms with Crippen LogP contribution < -0.4 is 4.90 Å². The Hall–Kier alpha value is -1.66. The summed E-state index contributed by atoms with van der Waals surface area (Å²) in [6, 6.07) is 4.20. The third-order valence-corrected chi connectivity index (χ3v) is 5.29. The molecule has 25 heavy (non-hydrogen) atoms. The molecule has 0 unspecified atom stereocenters. The number of hydrogen-bond donors (Lipinski definition) is 0. The minimum Gasteiger partial charge on any atom is -0.375 e. The monoisotopic (exact) mass is 343 g/mol. The molecule has 2 aromatic rings. The highest BCUT2D eigenvalue weighted by Gasteiger charge is 2.25. The molecule has 2 aromatic heterocycles. The average Bonchev–Trinajstić information content (AvgIpc) is 3.22. The van der Waals surface area contributed by atoms with Crippen LogP contribution in [0, 0.1) is 0 Å². The van der Waals surface area contributed by atoms with Crippen LogP contribution in [-0.4, -0.2) is 64.9 Å². The average molecular weight is 343 g/mol. The summed E-state index contributed by atoms with van der Waals surface area (Å²) in [6.07, 6.45) is 5.81. The van der Waals surface area contributed by atoms with E-state index in [1.165, 1.54) is 25.9 Å². The van der Waals surface area contributed by atoms with E-state index in [1.54, 1.807) is 0 Å². The van der Waals surface area contributed by atoms with E-state index < -0.39 is 0 Å². The summed E-state index contributed by atoms with van der Waals surface area (Å²) in [4.78, 5) is 9.74. The Morgan fingerprint density at radius 3 is 2.84 bits per heavy atom. The van der Waals surface area contributed by atoms with E-state index in [1.807, 2.05) is 16.8 Å². The van der Waals surface area contributed by atoms with Gasteiger partial charge in [-0.3, -0.25) is 0 Å². The van der Waals surface area contributed by atoms with Crippen molar-refractivity contribution in [1.82, 2.24) is 19.5 Å². The molecule has 1 atom stereocenters. The fraction of sp³-hybridized carbons (Fsp3) is 0.684. The van der Waals surface area contributed by atoms with Crippen LogP contribution >= 0.6 is 0 Å². The molecule has 0 spiro atoms. The van der Waals surface area contributed by atoms with Gasteiger partial charge in [-0.25, -0.2) is 4.98 Å². The largest absolute Gasteiger partial charge is 0.375 e. The van der Waals surface area contributed by atoms with Gasteiger partial charge < -0.3 is 14.5 Å². The van der Waals surface area contributed by atoms with Crippen LogP contribution in [0.4, 0.5) is 5.82 Å². The second-order valence-electron chi connectivity index (χ2n) is 7.60. The minimum absolute atomic E-state index is 0.266. The number of hydrogen-bond acceptors (Lipinski definition) is 5. The van der Waals surface area contributed by atoms with Crippen molar-refractivity contribution in [2.24, 2.45) is 0 Å². The molecule has 2 fully saturated rings. The lowest BCUT2D eigenvalue weighted by atomic mass is 10.1. The minimum atomic E-state index is 0.266. The van der Waals surface area contributed by atoms with Crippen molar-refractivity contribution >= 4 is 11.5 Å². The van der Waals surface area contributed by atoms with Crippen molar-refractivity contribution in [2.75, 3.05) is 44.2 Å². The van der Waals surface area contributed by atoms with Gasteiger partial charge in [0.1, 0.15) is 5.82 Å². The number of nitrogens with zero attached hydrogens (tertiary/aromatic N) is 5. The van der Waals surface area contributed by atoms with Crippen molar-refractivity contribution in [2.45, 2.75) is 45.1 Å². The van der Waals surface area contributed by atoms with Gasteiger partial charge in [-0.1, -0.05) is 13.8 Å². The molecule has 2 aliphatic rings.